The first-order valence-electron chi connectivity index (χ1n) is 4.38. The maximum absolute atomic E-state index is 12.8. The van der Waals surface area contributed by atoms with Crippen LogP contribution in [0.15, 0.2) is 22.7 Å². The zero-order valence-electron chi connectivity index (χ0n) is 7.39. The normalized spacial score (nSPS) is 10.4. The van der Waals surface area contributed by atoms with Crippen LogP contribution in [0.1, 0.15) is 18.4 Å². The molecule has 0 aliphatic carbocycles. The van der Waals surface area contributed by atoms with Gasteiger partial charge in [0.1, 0.15) is 5.82 Å². The van der Waals surface area contributed by atoms with Gasteiger partial charge in [-0.25, -0.2) is 4.39 Å². The molecule has 0 saturated carbocycles. The molecule has 0 aliphatic rings. The minimum absolute atomic E-state index is 0.206. The minimum atomic E-state index is -0.206. The number of benzene rings is 1. The fraction of sp³-hybridized carbons (Fsp3) is 0.400. The Morgan fingerprint density at radius 3 is 2.69 bits per heavy atom. The van der Waals surface area contributed by atoms with Crippen molar-refractivity contribution in [1.82, 2.24) is 0 Å². The standard InChI is InChI=1S/C10H13BrFN/c11-9-7-8(3-1-2-6-13)4-5-10(9)12/h4-5,7H,1-3,6,13H2. The Hall–Kier alpha value is -0.410. The van der Waals surface area contributed by atoms with Gasteiger partial charge in [0.25, 0.3) is 0 Å². The van der Waals surface area contributed by atoms with Gasteiger partial charge in [0, 0.05) is 0 Å². The van der Waals surface area contributed by atoms with E-state index in [0.717, 1.165) is 31.4 Å². The van der Waals surface area contributed by atoms with Crippen molar-refractivity contribution in [1.29, 1.82) is 0 Å². The Morgan fingerprint density at radius 2 is 2.08 bits per heavy atom. The highest BCUT2D eigenvalue weighted by atomic mass is 79.9. The molecule has 0 bridgehead atoms. The molecule has 0 spiro atoms. The van der Waals surface area contributed by atoms with E-state index in [4.69, 9.17) is 5.73 Å². The summed E-state index contributed by atoms with van der Waals surface area (Å²) in [7, 11) is 0. The second kappa shape index (κ2) is 5.35. The van der Waals surface area contributed by atoms with E-state index in [1.54, 1.807) is 0 Å². The van der Waals surface area contributed by atoms with Crippen molar-refractivity contribution in [2.45, 2.75) is 19.3 Å². The van der Waals surface area contributed by atoms with Gasteiger partial charge in [0.15, 0.2) is 0 Å². The lowest BCUT2D eigenvalue weighted by Crippen LogP contribution is -1.99. The van der Waals surface area contributed by atoms with Crippen molar-refractivity contribution in [3.63, 3.8) is 0 Å². The molecule has 0 amide bonds. The lowest BCUT2D eigenvalue weighted by molar-refractivity contribution is 0.619. The molecule has 1 aromatic rings. The molecular weight excluding hydrogens is 233 g/mol. The zero-order valence-corrected chi connectivity index (χ0v) is 8.98. The molecule has 1 rings (SSSR count). The van der Waals surface area contributed by atoms with Crippen LogP contribution < -0.4 is 5.73 Å². The first-order chi connectivity index (χ1) is 6.24. The highest BCUT2D eigenvalue weighted by Crippen LogP contribution is 2.17. The van der Waals surface area contributed by atoms with E-state index in [2.05, 4.69) is 15.9 Å². The summed E-state index contributed by atoms with van der Waals surface area (Å²) in [5.41, 5.74) is 6.53. The Kier molecular flexibility index (Phi) is 4.39. The molecule has 0 unspecified atom stereocenters. The summed E-state index contributed by atoms with van der Waals surface area (Å²) in [6, 6.07) is 5.13. The van der Waals surface area contributed by atoms with Crippen LogP contribution >= 0.6 is 15.9 Å². The third-order valence-electron chi connectivity index (χ3n) is 1.90. The molecule has 0 fully saturated rings. The van der Waals surface area contributed by atoms with Crippen molar-refractivity contribution < 1.29 is 4.39 Å². The van der Waals surface area contributed by atoms with Gasteiger partial charge in [-0.3, -0.25) is 0 Å². The molecule has 0 atom stereocenters. The van der Waals surface area contributed by atoms with Gasteiger partial charge in [0.2, 0.25) is 0 Å². The molecule has 2 N–H and O–H groups in total. The molecule has 0 saturated heterocycles. The van der Waals surface area contributed by atoms with Crippen molar-refractivity contribution in [2.75, 3.05) is 6.54 Å². The van der Waals surface area contributed by atoms with Crippen LogP contribution in [0.2, 0.25) is 0 Å². The summed E-state index contributed by atoms with van der Waals surface area (Å²) in [4.78, 5) is 0. The summed E-state index contributed by atoms with van der Waals surface area (Å²) >= 11 is 3.16. The molecule has 13 heavy (non-hydrogen) atoms. The van der Waals surface area contributed by atoms with Crippen LogP contribution in [0, 0.1) is 5.82 Å². The van der Waals surface area contributed by atoms with E-state index >= 15 is 0 Å². The van der Waals surface area contributed by atoms with E-state index in [-0.39, 0.29) is 5.82 Å². The second-order valence-corrected chi connectivity index (χ2v) is 3.85. The number of hydrogen-bond acceptors (Lipinski definition) is 1. The van der Waals surface area contributed by atoms with Gasteiger partial charge >= 0.3 is 0 Å². The summed E-state index contributed by atoms with van der Waals surface area (Å²) in [5.74, 6) is -0.206. The second-order valence-electron chi connectivity index (χ2n) is 2.99. The number of unbranched alkanes of at least 4 members (excludes halogenated alkanes) is 1. The summed E-state index contributed by atoms with van der Waals surface area (Å²) < 4.78 is 13.4. The number of halogens is 2. The smallest absolute Gasteiger partial charge is 0.137 e. The van der Waals surface area contributed by atoms with Gasteiger partial charge in [0.05, 0.1) is 4.47 Å². The number of rotatable bonds is 4. The predicted molar refractivity (Wildman–Crippen MR) is 56.1 cm³/mol. The van der Waals surface area contributed by atoms with E-state index < -0.39 is 0 Å². The zero-order chi connectivity index (χ0) is 9.68. The molecule has 0 aromatic heterocycles. The first kappa shape index (κ1) is 10.7. The first-order valence-corrected chi connectivity index (χ1v) is 5.17. The van der Waals surface area contributed by atoms with Gasteiger partial charge in [-0.15, -0.1) is 0 Å². The maximum atomic E-state index is 12.8. The molecule has 1 nitrogen and oxygen atoms in total. The van der Waals surface area contributed by atoms with Crippen LogP contribution in [0.25, 0.3) is 0 Å². The van der Waals surface area contributed by atoms with Crippen LogP contribution in [0.3, 0.4) is 0 Å². The fourth-order valence-electron chi connectivity index (χ4n) is 1.17. The lowest BCUT2D eigenvalue weighted by Gasteiger charge is -2.01. The molecule has 3 heteroatoms. The average molecular weight is 246 g/mol. The Bertz CT molecular complexity index is 276. The van der Waals surface area contributed by atoms with E-state index in [9.17, 15) is 4.39 Å². The predicted octanol–water partition coefficient (Wildman–Crippen LogP) is 2.87. The Labute approximate surface area is 86.3 Å². The molecule has 72 valence electrons. The maximum Gasteiger partial charge on any atom is 0.137 e. The van der Waals surface area contributed by atoms with E-state index in [1.165, 1.54) is 6.07 Å². The summed E-state index contributed by atoms with van der Waals surface area (Å²) in [6.07, 6.45) is 3.06. The lowest BCUT2D eigenvalue weighted by atomic mass is 10.1. The molecule has 0 aliphatic heterocycles. The number of nitrogens with two attached hydrogens (primary N) is 1. The van der Waals surface area contributed by atoms with Crippen molar-refractivity contribution in [2.24, 2.45) is 5.73 Å². The largest absolute Gasteiger partial charge is 0.330 e. The van der Waals surface area contributed by atoms with Gasteiger partial charge in [-0.1, -0.05) is 6.07 Å². The van der Waals surface area contributed by atoms with Crippen LogP contribution in [0.4, 0.5) is 4.39 Å². The highest BCUT2D eigenvalue weighted by Gasteiger charge is 1.99. The topological polar surface area (TPSA) is 26.0 Å². The third-order valence-corrected chi connectivity index (χ3v) is 2.51. The van der Waals surface area contributed by atoms with Crippen molar-refractivity contribution in [3.8, 4) is 0 Å². The monoisotopic (exact) mass is 245 g/mol. The minimum Gasteiger partial charge on any atom is -0.330 e. The quantitative estimate of drug-likeness (QED) is 0.812. The summed E-state index contributed by atoms with van der Waals surface area (Å²) in [6.45, 7) is 0.725. The van der Waals surface area contributed by atoms with Gasteiger partial charge in [-0.2, -0.15) is 0 Å². The molecular formula is C10H13BrFN. The average Bonchev–Trinajstić information content (AvgIpc) is 2.12. The van der Waals surface area contributed by atoms with Crippen LogP contribution in [-0.2, 0) is 6.42 Å². The Morgan fingerprint density at radius 1 is 1.31 bits per heavy atom. The van der Waals surface area contributed by atoms with Crippen molar-refractivity contribution in [3.05, 3.63) is 34.1 Å². The molecule has 0 radical (unpaired) electrons. The van der Waals surface area contributed by atoms with E-state index in [1.807, 2.05) is 12.1 Å². The number of hydrogen-bond donors (Lipinski definition) is 1. The van der Waals surface area contributed by atoms with Crippen LogP contribution in [0.5, 0.6) is 0 Å². The highest BCUT2D eigenvalue weighted by molar-refractivity contribution is 9.10. The third kappa shape index (κ3) is 3.44. The molecule has 1 aromatic carbocycles. The van der Waals surface area contributed by atoms with Crippen molar-refractivity contribution >= 4 is 15.9 Å². The SMILES string of the molecule is NCCCCc1ccc(F)c(Br)c1. The van der Waals surface area contributed by atoms with Gasteiger partial charge < -0.3 is 5.73 Å². The summed E-state index contributed by atoms with van der Waals surface area (Å²) in [5, 5.41) is 0. The molecule has 0 heterocycles. The van der Waals surface area contributed by atoms with Crippen LogP contribution in [-0.4, -0.2) is 6.54 Å². The van der Waals surface area contributed by atoms with Gasteiger partial charge in [-0.05, 0) is 59.4 Å². The van der Waals surface area contributed by atoms with E-state index in [0.29, 0.717) is 4.47 Å². The Balaban J connectivity index is 2.53. The number of aryl methyl sites for hydroxylation is 1. The fourth-order valence-corrected chi connectivity index (χ4v) is 1.59.